The number of carbonyl (C=O) groups excluding carboxylic acids is 3. The third-order valence-electron chi connectivity index (χ3n) is 3.58. The molecule has 0 spiro atoms. The van der Waals surface area contributed by atoms with Crippen molar-refractivity contribution in [2.75, 3.05) is 19.8 Å². The first-order valence-electron chi connectivity index (χ1n) is 8.36. The van der Waals surface area contributed by atoms with E-state index in [-0.39, 0.29) is 25.0 Å². The molecule has 0 radical (unpaired) electrons. The second-order valence-electron chi connectivity index (χ2n) is 6.32. The minimum Gasteiger partial charge on any atom is -0.466 e. The molecule has 0 aromatic rings. The molecule has 0 saturated carbocycles. The van der Waals surface area contributed by atoms with Crippen LogP contribution < -0.4 is 0 Å². The molecular weight excluding hydrogens is 312 g/mol. The zero-order valence-electron chi connectivity index (χ0n) is 15.3. The molecule has 0 aromatic carbocycles. The molecule has 0 rings (SSSR count). The lowest BCUT2D eigenvalue weighted by Crippen LogP contribution is -2.26. The van der Waals surface area contributed by atoms with Crippen LogP contribution in [-0.2, 0) is 28.6 Å². The number of rotatable bonds is 12. The lowest BCUT2D eigenvalue weighted by atomic mass is 9.91. The van der Waals surface area contributed by atoms with E-state index >= 15 is 0 Å². The van der Waals surface area contributed by atoms with E-state index in [2.05, 4.69) is 6.58 Å². The molecule has 6 nitrogen and oxygen atoms in total. The molecule has 0 atom stereocenters. The van der Waals surface area contributed by atoms with Gasteiger partial charge < -0.3 is 14.2 Å². The summed E-state index contributed by atoms with van der Waals surface area (Å²) in [6.07, 6.45) is 2.63. The summed E-state index contributed by atoms with van der Waals surface area (Å²) < 4.78 is 15.1. The molecule has 0 N–H and O–H groups in total. The SMILES string of the molecule is C=C(C)C(=O)OCCCC(=O)OCCCCOC(=O)C(C)(C)CC. The van der Waals surface area contributed by atoms with Gasteiger partial charge in [-0.15, -0.1) is 0 Å². The molecule has 0 amide bonds. The van der Waals surface area contributed by atoms with Crippen molar-refractivity contribution in [2.45, 2.75) is 59.8 Å². The van der Waals surface area contributed by atoms with Gasteiger partial charge in [-0.25, -0.2) is 4.79 Å². The average Bonchev–Trinajstić information content (AvgIpc) is 2.53. The van der Waals surface area contributed by atoms with Gasteiger partial charge in [0.25, 0.3) is 0 Å². The zero-order chi connectivity index (χ0) is 18.6. The number of carbonyl (C=O) groups is 3. The van der Waals surface area contributed by atoms with Crippen molar-refractivity contribution in [3.8, 4) is 0 Å². The maximum Gasteiger partial charge on any atom is 0.333 e. The molecule has 0 heterocycles. The molecule has 0 bridgehead atoms. The fraction of sp³-hybridized carbons (Fsp3) is 0.722. The third-order valence-corrected chi connectivity index (χ3v) is 3.58. The summed E-state index contributed by atoms with van der Waals surface area (Å²) >= 11 is 0. The van der Waals surface area contributed by atoms with Crippen molar-refractivity contribution in [2.24, 2.45) is 5.41 Å². The summed E-state index contributed by atoms with van der Waals surface area (Å²) in [5.41, 5.74) is -0.124. The second kappa shape index (κ2) is 11.6. The van der Waals surface area contributed by atoms with Crippen molar-refractivity contribution < 1.29 is 28.6 Å². The van der Waals surface area contributed by atoms with E-state index in [0.29, 0.717) is 38.0 Å². The van der Waals surface area contributed by atoms with Gasteiger partial charge in [0, 0.05) is 12.0 Å². The van der Waals surface area contributed by atoms with Gasteiger partial charge >= 0.3 is 17.9 Å². The Hall–Kier alpha value is -1.85. The van der Waals surface area contributed by atoms with Crippen LogP contribution in [0, 0.1) is 5.41 Å². The molecule has 0 unspecified atom stereocenters. The highest BCUT2D eigenvalue weighted by atomic mass is 16.5. The third kappa shape index (κ3) is 10.0. The Morgan fingerprint density at radius 1 is 0.917 bits per heavy atom. The van der Waals surface area contributed by atoms with Gasteiger partial charge in [0.1, 0.15) is 0 Å². The zero-order valence-corrected chi connectivity index (χ0v) is 15.3. The van der Waals surface area contributed by atoms with Crippen LogP contribution in [0.25, 0.3) is 0 Å². The first-order valence-corrected chi connectivity index (χ1v) is 8.36. The van der Waals surface area contributed by atoms with Gasteiger partial charge in [0.05, 0.1) is 25.2 Å². The summed E-state index contributed by atoms with van der Waals surface area (Å²) in [6.45, 7) is 11.5. The molecule has 0 aromatic heterocycles. The molecule has 0 fully saturated rings. The summed E-state index contributed by atoms with van der Waals surface area (Å²) in [7, 11) is 0. The topological polar surface area (TPSA) is 78.9 Å². The van der Waals surface area contributed by atoms with Crippen LogP contribution in [0.5, 0.6) is 0 Å². The van der Waals surface area contributed by atoms with Crippen molar-refractivity contribution in [3.05, 3.63) is 12.2 Å². The van der Waals surface area contributed by atoms with Gasteiger partial charge in [-0.3, -0.25) is 9.59 Å². The van der Waals surface area contributed by atoms with Crippen molar-refractivity contribution in [1.29, 1.82) is 0 Å². The predicted octanol–water partition coefficient (Wildman–Crippen LogP) is 3.19. The van der Waals surface area contributed by atoms with E-state index in [1.54, 1.807) is 6.92 Å². The van der Waals surface area contributed by atoms with Gasteiger partial charge in [-0.05, 0) is 46.5 Å². The van der Waals surface area contributed by atoms with Gasteiger partial charge in [-0.1, -0.05) is 13.5 Å². The number of ether oxygens (including phenoxy) is 3. The maximum absolute atomic E-state index is 11.7. The molecule has 138 valence electrons. The van der Waals surface area contributed by atoms with Crippen molar-refractivity contribution in [3.63, 3.8) is 0 Å². The summed E-state index contributed by atoms with van der Waals surface area (Å²) in [4.78, 5) is 34.3. The predicted molar refractivity (Wildman–Crippen MR) is 90.2 cm³/mol. The van der Waals surface area contributed by atoms with Gasteiger partial charge in [-0.2, -0.15) is 0 Å². The van der Waals surface area contributed by atoms with Crippen LogP contribution in [0.4, 0.5) is 0 Å². The smallest absolute Gasteiger partial charge is 0.333 e. The van der Waals surface area contributed by atoms with Crippen LogP contribution in [0.1, 0.15) is 59.8 Å². The minimum atomic E-state index is -0.458. The number of hydrogen-bond donors (Lipinski definition) is 0. The quantitative estimate of drug-likeness (QED) is 0.234. The highest BCUT2D eigenvalue weighted by Gasteiger charge is 2.26. The van der Waals surface area contributed by atoms with Gasteiger partial charge in [0.15, 0.2) is 0 Å². The summed E-state index contributed by atoms with van der Waals surface area (Å²) in [6, 6.07) is 0. The van der Waals surface area contributed by atoms with Crippen molar-refractivity contribution in [1.82, 2.24) is 0 Å². The Morgan fingerprint density at radius 3 is 2.00 bits per heavy atom. The Kier molecular flexibility index (Phi) is 10.8. The van der Waals surface area contributed by atoms with Gasteiger partial charge in [0.2, 0.25) is 0 Å². The normalized spacial score (nSPS) is 10.8. The molecular formula is C18H30O6. The van der Waals surface area contributed by atoms with Crippen LogP contribution in [0.15, 0.2) is 12.2 Å². The monoisotopic (exact) mass is 342 g/mol. The van der Waals surface area contributed by atoms with E-state index in [4.69, 9.17) is 14.2 Å². The molecule has 24 heavy (non-hydrogen) atoms. The minimum absolute atomic E-state index is 0.171. The van der Waals surface area contributed by atoms with E-state index in [9.17, 15) is 14.4 Å². The summed E-state index contributed by atoms with van der Waals surface area (Å²) in [5.74, 6) is -0.985. The highest BCUT2D eigenvalue weighted by molar-refractivity contribution is 5.86. The average molecular weight is 342 g/mol. The largest absolute Gasteiger partial charge is 0.466 e. The first kappa shape index (κ1) is 22.1. The highest BCUT2D eigenvalue weighted by Crippen LogP contribution is 2.21. The molecule has 0 aliphatic carbocycles. The lowest BCUT2D eigenvalue weighted by molar-refractivity contribution is -0.154. The molecule has 6 heteroatoms. The maximum atomic E-state index is 11.7. The first-order chi connectivity index (χ1) is 11.2. The Balaban J connectivity index is 3.58. The van der Waals surface area contributed by atoms with Crippen molar-refractivity contribution >= 4 is 17.9 Å². The number of unbranched alkanes of at least 4 members (excludes halogenated alkanes) is 1. The Morgan fingerprint density at radius 2 is 1.46 bits per heavy atom. The van der Waals surface area contributed by atoms with Crippen LogP contribution in [0.3, 0.4) is 0 Å². The van der Waals surface area contributed by atoms with E-state index in [0.717, 1.165) is 6.42 Å². The fourth-order valence-electron chi connectivity index (χ4n) is 1.47. The fourth-order valence-corrected chi connectivity index (χ4v) is 1.47. The molecule has 0 aliphatic heterocycles. The molecule has 0 aliphatic rings. The Bertz CT molecular complexity index is 439. The second-order valence-corrected chi connectivity index (χ2v) is 6.32. The summed E-state index contributed by atoms with van der Waals surface area (Å²) in [5, 5.41) is 0. The van der Waals surface area contributed by atoms with E-state index < -0.39 is 11.4 Å². The number of esters is 3. The molecule has 0 saturated heterocycles. The number of hydrogen-bond acceptors (Lipinski definition) is 6. The van der Waals surface area contributed by atoms with Crippen LogP contribution >= 0.6 is 0 Å². The van der Waals surface area contributed by atoms with E-state index in [1.165, 1.54) is 0 Å². The lowest BCUT2D eigenvalue weighted by Gasteiger charge is -2.20. The standard InChI is InChI=1S/C18H30O6/c1-6-18(4,5)17(21)24-12-8-7-11-22-15(19)10-9-13-23-16(20)14(2)3/h2,6-13H2,1,3-5H3. The van der Waals surface area contributed by atoms with Crippen LogP contribution in [-0.4, -0.2) is 37.7 Å². The van der Waals surface area contributed by atoms with E-state index in [1.807, 2.05) is 20.8 Å². The Labute approximate surface area is 144 Å². The van der Waals surface area contributed by atoms with Crippen LogP contribution in [0.2, 0.25) is 0 Å².